The second-order valence-corrected chi connectivity index (χ2v) is 18.1. The van der Waals surface area contributed by atoms with E-state index in [1.54, 1.807) is 0 Å². The molecule has 12 nitrogen and oxygen atoms in total. The van der Waals surface area contributed by atoms with Gasteiger partial charge in [-0.15, -0.1) is 0 Å². The summed E-state index contributed by atoms with van der Waals surface area (Å²) in [7, 11) is 0. The van der Waals surface area contributed by atoms with E-state index in [1.807, 2.05) is 0 Å². The Hall–Kier alpha value is -4.36. The highest BCUT2D eigenvalue weighted by Gasteiger charge is 2.50. The predicted molar refractivity (Wildman–Crippen MR) is 284 cm³/mol. The number of carboxylic acid groups (broad SMARTS) is 1. The van der Waals surface area contributed by atoms with Crippen molar-refractivity contribution < 1.29 is 58.2 Å². The number of unbranched alkanes of at least 4 members (excludes halogenated alkanes) is 14. The third-order valence-electron chi connectivity index (χ3n) is 11.6. The van der Waals surface area contributed by atoms with E-state index in [2.05, 4.69) is 118 Å². The molecule has 1 saturated heterocycles. The molecule has 1 fully saturated rings. The van der Waals surface area contributed by atoms with Crippen LogP contribution in [0.5, 0.6) is 0 Å². The van der Waals surface area contributed by atoms with E-state index in [-0.39, 0.29) is 25.9 Å². The molecule has 0 aliphatic carbocycles. The zero-order chi connectivity index (χ0) is 51.8. The molecular weight excluding hydrogens is 901 g/mol. The fraction of sp³-hybridized carbons (Fsp3) is 0.661. The summed E-state index contributed by atoms with van der Waals surface area (Å²) < 4.78 is 28.3. The lowest BCUT2D eigenvalue weighted by Crippen LogP contribution is -2.61. The van der Waals surface area contributed by atoms with Crippen LogP contribution < -0.4 is 0 Å². The largest absolute Gasteiger partial charge is 0.479 e. The van der Waals surface area contributed by atoms with Gasteiger partial charge >= 0.3 is 23.9 Å². The molecule has 12 heteroatoms. The van der Waals surface area contributed by atoms with Crippen LogP contribution in [0.1, 0.15) is 201 Å². The Kier molecular flexibility index (Phi) is 42.5. The van der Waals surface area contributed by atoms with Gasteiger partial charge in [-0.25, -0.2) is 4.79 Å². The minimum atomic E-state index is -1.92. The monoisotopic (exact) mass is 995 g/mol. The third kappa shape index (κ3) is 37.1. The van der Waals surface area contributed by atoms with Gasteiger partial charge in [0.05, 0.1) is 6.61 Å². The highest BCUT2D eigenvalue weighted by atomic mass is 16.7. The minimum absolute atomic E-state index is 0.0318. The van der Waals surface area contributed by atoms with Crippen LogP contribution in [-0.4, -0.2) is 89.2 Å². The van der Waals surface area contributed by atoms with Crippen molar-refractivity contribution in [3.63, 3.8) is 0 Å². The summed E-state index contributed by atoms with van der Waals surface area (Å²) in [4.78, 5) is 50.9. The summed E-state index contributed by atoms with van der Waals surface area (Å²) in [5, 5.41) is 31.4. The van der Waals surface area contributed by atoms with Crippen molar-refractivity contribution in [3.05, 3.63) is 97.2 Å². The molecule has 1 aliphatic heterocycles. The zero-order valence-electron chi connectivity index (χ0n) is 43.9. The molecule has 0 saturated carbocycles. The smallest absolute Gasteiger partial charge is 0.335 e. The fourth-order valence-electron chi connectivity index (χ4n) is 7.49. The fourth-order valence-corrected chi connectivity index (χ4v) is 7.49. The van der Waals surface area contributed by atoms with Crippen molar-refractivity contribution >= 4 is 23.9 Å². The van der Waals surface area contributed by atoms with Crippen LogP contribution >= 0.6 is 0 Å². The van der Waals surface area contributed by atoms with Crippen LogP contribution in [0.25, 0.3) is 0 Å². The number of aliphatic carboxylic acids is 1. The first kappa shape index (κ1) is 64.7. The number of hydrogen-bond donors (Lipinski definition) is 3. The van der Waals surface area contributed by atoms with Crippen LogP contribution in [0, 0.1) is 0 Å². The van der Waals surface area contributed by atoms with Crippen LogP contribution in [0.3, 0.4) is 0 Å². The Morgan fingerprint density at radius 1 is 0.479 bits per heavy atom. The molecule has 402 valence electrons. The molecule has 0 aromatic heterocycles. The summed E-state index contributed by atoms with van der Waals surface area (Å²) in [6.07, 6.45) is 48.2. The van der Waals surface area contributed by atoms with Crippen LogP contribution in [0.2, 0.25) is 0 Å². The highest BCUT2D eigenvalue weighted by Crippen LogP contribution is 2.26. The van der Waals surface area contributed by atoms with E-state index in [4.69, 9.17) is 23.7 Å². The van der Waals surface area contributed by atoms with Gasteiger partial charge in [0, 0.05) is 19.3 Å². The normalized spacial score (nSPS) is 19.3. The van der Waals surface area contributed by atoms with Crippen molar-refractivity contribution in [2.75, 3.05) is 13.2 Å². The van der Waals surface area contributed by atoms with Gasteiger partial charge in [0.15, 0.2) is 24.6 Å². The first-order chi connectivity index (χ1) is 34.6. The number of carbonyl (C=O) groups excluding carboxylic acids is 3. The van der Waals surface area contributed by atoms with Crippen molar-refractivity contribution in [2.24, 2.45) is 0 Å². The van der Waals surface area contributed by atoms with Gasteiger partial charge in [-0.3, -0.25) is 14.4 Å². The summed E-state index contributed by atoms with van der Waals surface area (Å²) in [6, 6.07) is 0. The molecule has 6 atom stereocenters. The van der Waals surface area contributed by atoms with E-state index in [9.17, 15) is 34.5 Å². The quantitative estimate of drug-likeness (QED) is 0.0228. The molecule has 1 aliphatic rings. The summed E-state index contributed by atoms with van der Waals surface area (Å²) >= 11 is 0. The molecule has 3 N–H and O–H groups in total. The first-order valence-electron chi connectivity index (χ1n) is 27.2. The van der Waals surface area contributed by atoms with E-state index in [0.29, 0.717) is 19.3 Å². The molecule has 0 aromatic rings. The number of esters is 3. The molecule has 0 aromatic carbocycles. The predicted octanol–water partition coefficient (Wildman–Crippen LogP) is 13.3. The number of carboxylic acids is 1. The van der Waals surface area contributed by atoms with Crippen LogP contribution in [0.4, 0.5) is 0 Å². The Morgan fingerprint density at radius 2 is 0.887 bits per heavy atom. The van der Waals surface area contributed by atoms with Gasteiger partial charge in [-0.05, 0) is 109 Å². The van der Waals surface area contributed by atoms with Crippen LogP contribution in [-0.2, 0) is 42.9 Å². The Labute approximate surface area is 428 Å². The molecule has 71 heavy (non-hydrogen) atoms. The number of aliphatic hydroxyl groups is 2. The minimum Gasteiger partial charge on any atom is -0.479 e. The maximum atomic E-state index is 13.1. The SMILES string of the molecule is CC/C=C\C/C=C\C/C=C\CCCCCCCC(=O)OC1C(OCC(COC(=O)CCCCC/C=C\C/C=C\C/C=C\CC)OC(=O)CCCCCCC/C=C\C/C=C\CCC)OC(C(=O)O)C(O)C1O. The zero-order valence-corrected chi connectivity index (χ0v) is 43.9. The number of aliphatic hydroxyl groups excluding tert-OH is 2. The van der Waals surface area contributed by atoms with Crippen molar-refractivity contribution in [3.8, 4) is 0 Å². The van der Waals surface area contributed by atoms with Gasteiger partial charge in [0.2, 0.25) is 0 Å². The van der Waals surface area contributed by atoms with E-state index in [0.717, 1.165) is 141 Å². The average molecular weight is 995 g/mol. The van der Waals surface area contributed by atoms with Crippen LogP contribution in [0.15, 0.2) is 97.2 Å². The molecule has 0 spiro atoms. The van der Waals surface area contributed by atoms with E-state index in [1.165, 1.54) is 0 Å². The number of allylic oxidation sites excluding steroid dienone is 16. The Morgan fingerprint density at radius 3 is 1.37 bits per heavy atom. The molecule has 1 heterocycles. The lowest BCUT2D eigenvalue weighted by molar-refractivity contribution is -0.301. The van der Waals surface area contributed by atoms with Gasteiger partial charge < -0.3 is 39.0 Å². The lowest BCUT2D eigenvalue weighted by atomic mass is 9.98. The standard InChI is InChI=1S/C59H94O12/c1-4-7-10-13-16-19-22-25-26-29-32-35-38-41-44-47-53(62)70-57-55(64)54(63)56(58(65)66)71-59(57)68-49-50(69-52(61)46-43-40-37-34-31-28-24-21-18-15-12-9-6-3)48-67-51(60)45-42-39-36-33-30-27-23-20-17-14-11-8-5-2/h7-8,10-12,15-17,19-21,24-27,30,50,54-57,59,63-64H,4-6,9,13-14,18,22-23,28-29,31-49H2,1-3H3,(H,65,66)/b10-7-,11-8-,15-12-,19-16-,20-17-,24-21-,26-25-,30-27-. The molecular formula is C59H94O12. The second-order valence-electron chi connectivity index (χ2n) is 18.1. The maximum absolute atomic E-state index is 13.1. The molecule has 0 amide bonds. The molecule has 6 unspecified atom stereocenters. The summed E-state index contributed by atoms with van der Waals surface area (Å²) in [6.45, 7) is 5.63. The van der Waals surface area contributed by atoms with Gasteiger partial charge in [-0.1, -0.05) is 169 Å². The highest BCUT2D eigenvalue weighted by molar-refractivity contribution is 5.74. The second kappa shape index (κ2) is 46.7. The Bertz CT molecular complexity index is 1610. The first-order valence-corrected chi connectivity index (χ1v) is 27.2. The molecule has 0 bridgehead atoms. The third-order valence-corrected chi connectivity index (χ3v) is 11.6. The van der Waals surface area contributed by atoms with Gasteiger partial charge in [-0.2, -0.15) is 0 Å². The molecule has 1 rings (SSSR count). The molecule has 0 radical (unpaired) electrons. The Balaban J connectivity index is 2.76. The number of hydrogen-bond acceptors (Lipinski definition) is 11. The van der Waals surface area contributed by atoms with Gasteiger partial charge in [0.25, 0.3) is 0 Å². The maximum Gasteiger partial charge on any atom is 0.335 e. The number of rotatable bonds is 44. The topological polar surface area (TPSA) is 175 Å². The van der Waals surface area contributed by atoms with E-state index < -0.39 is 67.3 Å². The number of ether oxygens (including phenoxy) is 5. The van der Waals surface area contributed by atoms with Gasteiger partial charge in [0.1, 0.15) is 18.8 Å². The summed E-state index contributed by atoms with van der Waals surface area (Å²) in [5.74, 6) is -3.22. The summed E-state index contributed by atoms with van der Waals surface area (Å²) in [5.41, 5.74) is 0. The van der Waals surface area contributed by atoms with Crippen molar-refractivity contribution in [2.45, 2.75) is 237 Å². The lowest BCUT2D eigenvalue weighted by Gasteiger charge is -2.40. The van der Waals surface area contributed by atoms with Crippen molar-refractivity contribution in [1.29, 1.82) is 0 Å². The number of carbonyl (C=O) groups is 4. The van der Waals surface area contributed by atoms with Crippen molar-refractivity contribution in [1.82, 2.24) is 0 Å². The average Bonchev–Trinajstić information content (AvgIpc) is 3.35. The van der Waals surface area contributed by atoms with E-state index >= 15 is 0 Å².